The Bertz CT molecular complexity index is 184. The van der Waals surface area contributed by atoms with Gasteiger partial charge >= 0.3 is 0 Å². The van der Waals surface area contributed by atoms with Crippen molar-refractivity contribution >= 4 is 11.8 Å². The summed E-state index contributed by atoms with van der Waals surface area (Å²) in [5.41, 5.74) is 0.290. The number of hydrogen-bond donors (Lipinski definition) is 1. The molecule has 1 fully saturated rings. The van der Waals surface area contributed by atoms with Gasteiger partial charge in [0.2, 0.25) is 0 Å². The average molecular weight is 231 g/mol. The maximum absolute atomic E-state index is 5.54. The largest absolute Gasteiger partial charge is 0.377 e. The van der Waals surface area contributed by atoms with Crippen LogP contribution in [-0.4, -0.2) is 35.8 Å². The first kappa shape index (κ1) is 13.3. The van der Waals surface area contributed by atoms with Crippen molar-refractivity contribution in [2.75, 3.05) is 18.9 Å². The lowest BCUT2D eigenvalue weighted by atomic mass is 10.0. The third kappa shape index (κ3) is 4.75. The summed E-state index contributed by atoms with van der Waals surface area (Å²) in [6, 6.07) is 0. The molecular formula is C12H25NOS. The predicted molar refractivity (Wildman–Crippen MR) is 68.6 cm³/mol. The van der Waals surface area contributed by atoms with E-state index in [1.54, 1.807) is 0 Å². The van der Waals surface area contributed by atoms with Gasteiger partial charge in [0, 0.05) is 29.7 Å². The highest BCUT2D eigenvalue weighted by Crippen LogP contribution is 2.25. The quantitative estimate of drug-likeness (QED) is 0.710. The molecule has 2 unspecified atom stereocenters. The highest BCUT2D eigenvalue weighted by atomic mass is 32.2. The Morgan fingerprint density at radius 3 is 2.73 bits per heavy atom. The van der Waals surface area contributed by atoms with Crippen molar-refractivity contribution in [3.05, 3.63) is 0 Å². The van der Waals surface area contributed by atoms with Crippen LogP contribution in [0.4, 0.5) is 0 Å². The number of hydrogen-bond acceptors (Lipinski definition) is 3. The fourth-order valence-corrected chi connectivity index (χ4v) is 2.79. The van der Waals surface area contributed by atoms with Crippen LogP contribution in [0.15, 0.2) is 0 Å². The van der Waals surface area contributed by atoms with Gasteiger partial charge in [-0.3, -0.25) is 0 Å². The Kier molecular flexibility index (Phi) is 5.44. The van der Waals surface area contributed by atoms with E-state index in [4.69, 9.17) is 4.74 Å². The van der Waals surface area contributed by atoms with E-state index in [9.17, 15) is 0 Å². The van der Waals surface area contributed by atoms with Crippen LogP contribution in [-0.2, 0) is 4.74 Å². The number of ether oxygens (including phenoxy) is 1. The van der Waals surface area contributed by atoms with Crippen LogP contribution >= 0.6 is 11.8 Å². The summed E-state index contributed by atoms with van der Waals surface area (Å²) in [6.07, 6.45) is 2.86. The Labute approximate surface area is 98.5 Å². The van der Waals surface area contributed by atoms with E-state index in [1.807, 2.05) is 0 Å². The van der Waals surface area contributed by atoms with Crippen molar-refractivity contribution in [2.45, 2.75) is 57.4 Å². The normalized spacial score (nSPS) is 27.2. The van der Waals surface area contributed by atoms with E-state index < -0.39 is 0 Å². The second kappa shape index (κ2) is 6.12. The summed E-state index contributed by atoms with van der Waals surface area (Å²) in [4.78, 5) is 0. The molecule has 15 heavy (non-hydrogen) atoms. The summed E-state index contributed by atoms with van der Waals surface area (Å²) in [6.45, 7) is 11.0. The number of rotatable bonds is 6. The van der Waals surface area contributed by atoms with Gasteiger partial charge in [0.25, 0.3) is 0 Å². The molecule has 90 valence electrons. The molecule has 1 N–H and O–H groups in total. The van der Waals surface area contributed by atoms with E-state index in [1.165, 1.54) is 18.6 Å². The summed E-state index contributed by atoms with van der Waals surface area (Å²) in [7, 11) is 0. The molecule has 2 atom stereocenters. The molecule has 1 aliphatic rings. The Morgan fingerprint density at radius 1 is 1.47 bits per heavy atom. The van der Waals surface area contributed by atoms with E-state index in [0.29, 0.717) is 11.6 Å². The zero-order chi connectivity index (χ0) is 11.3. The van der Waals surface area contributed by atoms with Gasteiger partial charge in [-0.05, 0) is 33.6 Å². The number of nitrogens with one attached hydrogen (secondary N) is 1. The third-order valence-electron chi connectivity index (χ3n) is 3.23. The van der Waals surface area contributed by atoms with Gasteiger partial charge in [0.15, 0.2) is 0 Å². The van der Waals surface area contributed by atoms with Crippen molar-refractivity contribution in [3.63, 3.8) is 0 Å². The first-order valence-electron chi connectivity index (χ1n) is 6.03. The molecule has 0 aromatic carbocycles. The van der Waals surface area contributed by atoms with Gasteiger partial charge in [-0.25, -0.2) is 0 Å². The van der Waals surface area contributed by atoms with Gasteiger partial charge < -0.3 is 10.1 Å². The van der Waals surface area contributed by atoms with E-state index in [2.05, 4.69) is 44.8 Å². The van der Waals surface area contributed by atoms with Crippen molar-refractivity contribution in [1.82, 2.24) is 5.32 Å². The van der Waals surface area contributed by atoms with Gasteiger partial charge in [-0.2, -0.15) is 11.8 Å². The van der Waals surface area contributed by atoms with E-state index in [0.717, 1.165) is 18.4 Å². The molecule has 1 aliphatic heterocycles. The first-order valence-corrected chi connectivity index (χ1v) is 7.08. The van der Waals surface area contributed by atoms with Gasteiger partial charge in [0.05, 0.1) is 6.10 Å². The van der Waals surface area contributed by atoms with E-state index in [-0.39, 0.29) is 0 Å². The molecule has 0 bridgehead atoms. The van der Waals surface area contributed by atoms with Crippen LogP contribution < -0.4 is 5.32 Å². The zero-order valence-corrected chi connectivity index (χ0v) is 11.3. The van der Waals surface area contributed by atoms with Gasteiger partial charge in [-0.15, -0.1) is 0 Å². The lowest BCUT2D eigenvalue weighted by Gasteiger charge is -2.25. The highest BCUT2D eigenvalue weighted by Gasteiger charge is 2.24. The first-order chi connectivity index (χ1) is 7.05. The van der Waals surface area contributed by atoms with Crippen LogP contribution in [0, 0.1) is 0 Å². The second-order valence-corrected chi connectivity index (χ2v) is 6.29. The summed E-state index contributed by atoms with van der Waals surface area (Å²) in [5.74, 6) is 1.20. The molecule has 1 heterocycles. The summed E-state index contributed by atoms with van der Waals surface area (Å²) >= 11 is 2.06. The van der Waals surface area contributed by atoms with Crippen LogP contribution in [0.2, 0.25) is 0 Å². The van der Waals surface area contributed by atoms with Crippen LogP contribution in [0.1, 0.15) is 40.5 Å². The molecular weight excluding hydrogens is 206 g/mol. The molecule has 1 rings (SSSR count). The van der Waals surface area contributed by atoms with Crippen molar-refractivity contribution in [2.24, 2.45) is 0 Å². The molecule has 0 aliphatic carbocycles. The predicted octanol–water partition coefficient (Wildman–Crippen LogP) is 2.68. The van der Waals surface area contributed by atoms with Crippen molar-refractivity contribution in [1.29, 1.82) is 0 Å². The minimum atomic E-state index is 0.290. The van der Waals surface area contributed by atoms with Crippen LogP contribution in [0.5, 0.6) is 0 Å². The second-order valence-electron chi connectivity index (χ2n) is 4.94. The summed E-state index contributed by atoms with van der Waals surface area (Å²) < 4.78 is 5.54. The zero-order valence-electron chi connectivity index (χ0n) is 10.5. The molecule has 0 radical (unpaired) electrons. The third-order valence-corrected chi connectivity index (χ3v) is 4.72. The highest BCUT2D eigenvalue weighted by molar-refractivity contribution is 8.00. The fourth-order valence-electron chi connectivity index (χ4n) is 1.66. The lowest BCUT2D eigenvalue weighted by Crippen LogP contribution is -2.40. The monoisotopic (exact) mass is 231 g/mol. The smallest absolute Gasteiger partial charge is 0.0666 e. The molecule has 0 spiro atoms. The molecule has 3 heteroatoms. The fraction of sp³-hybridized carbons (Fsp3) is 1.00. The summed E-state index contributed by atoms with van der Waals surface area (Å²) in [5, 5.41) is 4.30. The lowest BCUT2D eigenvalue weighted by molar-refractivity contribution is 0.127. The van der Waals surface area contributed by atoms with Gasteiger partial charge in [0.1, 0.15) is 0 Å². The average Bonchev–Trinajstić information content (AvgIpc) is 2.59. The Morgan fingerprint density at radius 2 is 2.20 bits per heavy atom. The molecule has 0 aromatic heterocycles. The Hall–Kier alpha value is 0.270. The van der Waals surface area contributed by atoms with Crippen LogP contribution in [0.25, 0.3) is 0 Å². The van der Waals surface area contributed by atoms with Crippen LogP contribution in [0.3, 0.4) is 0 Å². The van der Waals surface area contributed by atoms with Crippen molar-refractivity contribution < 1.29 is 4.74 Å². The van der Waals surface area contributed by atoms with Crippen molar-refractivity contribution in [3.8, 4) is 0 Å². The SMILES string of the molecule is CCC(C)(C)NCCSC1CCOC1C. The topological polar surface area (TPSA) is 21.3 Å². The minimum Gasteiger partial charge on any atom is -0.377 e. The maximum atomic E-state index is 5.54. The molecule has 1 saturated heterocycles. The molecule has 2 nitrogen and oxygen atoms in total. The van der Waals surface area contributed by atoms with Gasteiger partial charge in [-0.1, -0.05) is 6.92 Å². The Balaban J connectivity index is 2.06. The molecule has 0 amide bonds. The maximum Gasteiger partial charge on any atom is 0.0666 e. The molecule has 0 saturated carbocycles. The minimum absolute atomic E-state index is 0.290. The standard InChI is InChI=1S/C12H25NOS/c1-5-12(3,4)13-7-9-15-11-6-8-14-10(11)2/h10-11,13H,5-9H2,1-4H3. The number of thioether (sulfide) groups is 1. The molecule has 0 aromatic rings. The van der Waals surface area contributed by atoms with E-state index >= 15 is 0 Å².